The number of rotatable bonds is 5. The van der Waals surface area contributed by atoms with E-state index in [9.17, 15) is 20.1 Å². The van der Waals surface area contributed by atoms with Crippen LogP contribution < -0.4 is 0 Å². The molecule has 31 heavy (non-hydrogen) atoms. The molecular formula is C27H44O4. The Balaban J connectivity index is 1.57. The Morgan fingerprint density at radius 2 is 1.74 bits per heavy atom. The van der Waals surface area contributed by atoms with Crippen LogP contribution in [0.3, 0.4) is 0 Å². The highest BCUT2D eigenvalue weighted by Gasteiger charge is 2.67. The minimum absolute atomic E-state index is 0.110. The molecular weight excluding hydrogens is 388 g/mol. The third-order valence-corrected chi connectivity index (χ3v) is 10.5. The van der Waals surface area contributed by atoms with Crippen LogP contribution in [-0.4, -0.2) is 33.0 Å². The monoisotopic (exact) mass is 432 g/mol. The fourth-order valence-corrected chi connectivity index (χ4v) is 8.72. The van der Waals surface area contributed by atoms with Crippen molar-refractivity contribution in [1.29, 1.82) is 0 Å². The van der Waals surface area contributed by atoms with E-state index >= 15 is 0 Å². The fourth-order valence-electron chi connectivity index (χ4n) is 8.72. The first-order chi connectivity index (χ1) is 14.4. The van der Waals surface area contributed by atoms with E-state index in [1.165, 1.54) is 38.2 Å². The summed E-state index contributed by atoms with van der Waals surface area (Å²) in [6.45, 7) is 11.5. The molecule has 4 aliphatic carbocycles. The van der Waals surface area contributed by atoms with Gasteiger partial charge in [0, 0.05) is 5.41 Å². The van der Waals surface area contributed by atoms with E-state index in [-0.39, 0.29) is 5.92 Å². The number of aliphatic hydroxyl groups is 3. The summed E-state index contributed by atoms with van der Waals surface area (Å²) in [4.78, 5) is 12.2. The van der Waals surface area contributed by atoms with Gasteiger partial charge in [-0.15, -0.1) is 0 Å². The molecule has 0 saturated heterocycles. The molecule has 3 saturated carbocycles. The van der Waals surface area contributed by atoms with Crippen molar-refractivity contribution in [3.63, 3.8) is 0 Å². The lowest BCUT2D eigenvalue weighted by atomic mass is 9.45. The average Bonchev–Trinajstić information content (AvgIpc) is 3.05. The zero-order chi connectivity index (χ0) is 22.8. The molecule has 1 unspecified atom stereocenters. The molecule has 8 atom stereocenters. The third-order valence-electron chi connectivity index (χ3n) is 10.5. The topological polar surface area (TPSA) is 77.8 Å². The van der Waals surface area contributed by atoms with Crippen molar-refractivity contribution >= 4 is 5.78 Å². The van der Waals surface area contributed by atoms with E-state index in [4.69, 9.17) is 0 Å². The SMILES string of the molecule is CC(C)CCC[C@@H](C)[C@H]1CC[C@H]2[C@@H]3CCC4=CC(=O)C(O)C(O)(O)[C@]4(C)[C@H]3CC[C@]12C. The molecule has 3 N–H and O–H groups in total. The van der Waals surface area contributed by atoms with Gasteiger partial charge in [-0.25, -0.2) is 0 Å². The molecule has 4 heteroatoms. The van der Waals surface area contributed by atoms with E-state index in [0.29, 0.717) is 17.3 Å². The number of aliphatic hydroxyl groups excluding tert-OH is 1. The van der Waals surface area contributed by atoms with E-state index in [2.05, 4.69) is 27.7 Å². The van der Waals surface area contributed by atoms with Gasteiger partial charge in [-0.3, -0.25) is 4.79 Å². The van der Waals surface area contributed by atoms with Crippen molar-refractivity contribution < 1.29 is 20.1 Å². The Morgan fingerprint density at radius 3 is 2.42 bits per heavy atom. The Bertz CT molecular complexity index is 740. The highest BCUT2D eigenvalue weighted by molar-refractivity contribution is 5.96. The van der Waals surface area contributed by atoms with E-state index in [1.807, 2.05) is 6.92 Å². The molecule has 4 aliphatic rings. The molecule has 176 valence electrons. The van der Waals surface area contributed by atoms with Crippen molar-refractivity contribution in [3.05, 3.63) is 11.6 Å². The van der Waals surface area contributed by atoms with Crippen LogP contribution in [0.25, 0.3) is 0 Å². The lowest BCUT2D eigenvalue weighted by Gasteiger charge is -2.61. The van der Waals surface area contributed by atoms with Crippen LogP contribution in [-0.2, 0) is 4.79 Å². The number of carbonyl (C=O) groups excluding carboxylic acids is 1. The normalized spacial score (nSPS) is 45.0. The third kappa shape index (κ3) is 3.38. The summed E-state index contributed by atoms with van der Waals surface area (Å²) in [6.07, 6.45) is 10.1. The number of hydrogen-bond donors (Lipinski definition) is 3. The Hall–Kier alpha value is -0.710. The first-order valence-corrected chi connectivity index (χ1v) is 12.8. The number of ketones is 1. The second-order valence-electron chi connectivity index (χ2n) is 12.3. The zero-order valence-corrected chi connectivity index (χ0v) is 20.2. The van der Waals surface area contributed by atoms with Crippen molar-refractivity contribution in [2.45, 2.75) is 104 Å². The predicted molar refractivity (Wildman–Crippen MR) is 122 cm³/mol. The quantitative estimate of drug-likeness (QED) is 0.542. The van der Waals surface area contributed by atoms with Gasteiger partial charge in [0.1, 0.15) is 0 Å². The summed E-state index contributed by atoms with van der Waals surface area (Å²) in [5.74, 6) is 0.472. The summed E-state index contributed by atoms with van der Waals surface area (Å²) in [5, 5.41) is 32.5. The molecule has 4 nitrogen and oxygen atoms in total. The van der Waals surface area contributed by atoms with Crippen LogP contribution in [0.2, 0.25) is 0 Å². The van der Waals surface area contributed by atoms with Crippen LogP contribution in [0.1, 0.15) is 92.4 Å². The highest BCUT2D eigenvalue weighted by atomic mass is 16.5. The van der Waals surface area contributed by atoms with E-state index in [1.54, 1.807) is 0 Å². The standard InChI is InChI=1S/C27H44O4/c1-16(2)7-6-8-17(3)20-11-12-21-19-10-9-18-15-23(28)24(29)27(30,31)26(18,5)22(19)13-14-25(20,21)4/h15-17,19-22,24,29-31H,6-14H2,1-5H3/t17-,19+,20-,21+,22+,24?,25-,26+/m1/s1. The lowest BCUT2D eigenvalue weighted by Crippen LogP contribution is -2.67. The van der Waals surface area contributed by atoms with Crippen molar-refractivity contribution in [2.75, 3.05) is 0 Å². The summed E-state index contributed by atoms with van der Waals surface area (Å²) < 4.78 is 0. The second kappa shape index (κ2) is 7.95. The van der Waals surface area contributed by atoms with Gasteiger partial charge in [-0.1, -0.05) is 59.5 Å². The van der Waals surface area contributed by atoms with Gasteiger partial charge in [0.2, 0.25) is 5.79 Å². The summed E-state index contributed by atoms with van der Waals surface area (Å²) in [7, 11) is 0. The van der Waals surface area contributed by atoms with E-state index < -0.39 is 23.1 Å². The van der Waals surface area contributed by atoms with Crippen LogP contribution in [0.15, 0.2) is 11.6 Å². The molecule has 4 rings (SSSR count). The van der Waals surface area contributed by atoms with Gasteiger partial charge in [0.05, 0.1) is 0 Å². The Kier molecular flexibility index (Phi) is 6.02. The number of carbonyl (C=O) groups is 1. The molecule has 0 amide bonds. The maximum Gasteiger partial charge on any atom is 0.206 e. The first-order valence-electron chi connectivity index (χ1n) is 12.8. The molecule has 0 aromatic carbocycles. The van der Waals surface area contributed by atoms with Crippen LogP contribution in [0.4, 0.5) is 0 Å². The van der Waals surface area contributed by atoms with Crippen LogP contribution >= 0.6 is 0 Å². The maximum absolute atomic E-state index is 12.2. The van der Waals surface area contributed by atoms with Crippen LogP contribution in [0.5, 0.6) is 0 Å². The van der Waals surface area contributed by atoms with Crippen molar-refractivity contribution in [2.24, 2.45) is 46.3 Å². The summed E-state index contributed by atoms with van der Waals surface area (Å²) in [6, 6.07) is 0. The average molecular weight is 433 g/mol. The van der Waals surface area contributed by atoms with Gasteiger partial charge in [0.25, 0.3) is 0 Å². The van der Waals surface area contributed by atoms with Crippen molar-refractivity contribution in [3.8, 4) is 0 Å². The zero-order valence-electron chi connectivity index (χ0n) is 20.2. The maximum atomic E-state index is 12.2. The summed E-state index contributed by atoms with van der Waals surface area (Å²) >= 11 is 0. The minimum Gasteiger partial charge on any atom is -0.379 e. The Labute approximate surface area is 188 Å². The molecule has 0 radical (unpaired) electrons. The minimum atomic E-state index is -2.38. The van der Waals surface area contributed by atoms with Gasteiger partial charge in [-0.05, 0) is 85.5 Å². The van der Waals surface area contributed by atoms with Gasteiger partial charge < -0.3 is 15.3 Å². The lowest BCUT2D eigenvalue weighted by molar-refractivity contribution is -0.299. The summed E-state index contributed by atoms with van der Waals surface area (Å²) in [5.41, 5.74) is 0.229. The molecule has 0 bridgehead atoms. The molecule has 0 aromatic heterocycles. The molecule has 0 aliphatic heterocycles. The fraction of sp³-hybridized carbons (Fsp3) is 0.889. The first kappa shape index (κ1) is 23.4. The smallest absolute Gasteiger partial charge is 0.206 e. The van der Waals surface area contributed by atoms with E-state index in [0.717, 1.165) is 49.0 Å². The van der Waals surface area contributed by atoms with Crippen molar-refractivity contribution in [1.82, 2.24) is 0 Å². The number of fused-ring (bicyclic) bond motifs is 5. The predicted octanol–water partition coefficient (Wildman–Crippen LogP) is 4.86. The van der Waals surface area contributed by atoms with Gasteiger partial charge in [0.15, 0.2) is 11.9 Å². The van der Waals surface area contributed by atoms with Gasteiger partial charge in [-0.2, -0.15) is 0 Å². The molecule has 0 aromatic rings. The molecule has 0 heterocycles. The highest BCUT2D eigenvalue weighted by Crippen LogP contribution is 2.68. The number of hydrogen-bond acceptors (Lipinski definition) is 4. The second-order valence-corrected chi connectivity index (χ2v) is 12.3. The molecule has 0 spiro atoms. The van der Waals surface area contributed by atoms with Gasteiger partial charge >= 0.3 is 0 Å². The molecule has 3 fully saturated rings. The largest absolute Gasteiger partial charge is 0.379 e. The Morgan fingerprint density at radius 1 is 1.03 bits per heavy atom. The van der Waals surface area contributed by atoms with Crippen LogP contribution in [0, 0.1) is 46.3 Å².